The quantitative estimate of drug-likeness (QED) is 0.822. The molecule has 25 heavy (non-hydrogen) atoms. The zero-order valence-electron chi connectivity index (χ0n) is 15.3. The van der Waals surface area contributed by atoms with Crippen LogP contribution in [0.5, 0.6) is 0 Å². The van der Waals surface area contributed by atoms with Crippen LogP contribution in [0, 0.1) is 13.8 Å². The number of piperidine rings is 1. The highest BCUT2D eigenvalue weighted by atomic mass is 16.1. The van der Waals surface area contributed by atoms with E-state index in [1.165, 1.54) is 32.4 Å². The first-order valence-corrected chi connectivity index (χ1v) is 9.29. The first-order chi connectivity index (χ1) is 12.2. The van der Waals surface area contributed by atoms with Gasteiger partial charge in [0.05, 0.1) is 22.6 Å². The first kappa shape index (κ1) is 17.7. The molecule has 2 heterocycles. The highest BCUT2D eigenvalue weighted by Crippen LogP contribution is 2.17. The molecule has 1 aliphatic rings. The highest BCUT2D eigenvalue weighted by molar-refractivity contribution is 5.96. The SMILES string of the molecule is Cc1nn(-c2ccccc2)c(C)c1C(=O)NCCCN1CCCCC1. The lowest BCUT2D eigenvalue weighted by Crippen LogP contribution is -2.33. The number of carbonyl (C=O) groups excluding carboxylic acids is 1. The molecule has 1 saturated heterocycles. The number of amides is 1. The number of nitrogens with one attached hydrogen (secondary N) is 1. The molecule has 0 unspecified atom stereocenters. The van der Waals surface area contributed by atoms with Gasteiger partial charge >= 0.3 is 0 Å². The van der Waals surface area contributed by atoms with Gasteiger partial charge in [-0.05, 0) is 64.9 Å². The number of aryl methyl sites for hydroxylation is 1. The van der Waals surface area contributed by atoms with Crippen molar-refractivity contribution in [2.45, 2.75) is 39.5 Å². The summed E-state index contributed by atoms with van der Waals surface area (Å²) < 4.78 is 1.85. The number of benzene rings is 1. The van der Waals surface area contributed by atoms with E-state index in [-0.39, 0.29) is 5.91 Å². The van der Waals surface area contributed by atoms with Crippen molar-refractivity contribution in [1.29, 1.82) is 0 Å². The molecule has 1 amide bonds. The Kier molecular flexibility index (Phi) is 5.87. The third-order valence-corrected chi connectivity index (χ3v) is 4.90. The first-order valence-electron chi connectivity index (χ1n) is 9.29. The van der Waals surface area contributed by atoms with Gasteiger partial charge in [-0.3, -0.25) is 4.79 Å². The van der Waals surface area contributed by atoms with Crippen molar-refractivity contribution >= 4 is 5.91 Å². The molecule has 0 bridgehead atoms. The van der Waals surface area contributed by atoms with E-state index in [0.29, 0.717) is 12.1 Å². The number of para-hydroxylation sites is 1. The molecule has 0 aliphatic carbocycles. The van der Waals surface area contributed by atoms with Crippen LogP contribution in [0.4, 0.5) is 0 Å². The van der Waals surface area contributed by atoms with Gasteiger partial charge in [0, 0.05) is 6.54 Å². The van der Waals surface area contributed by atoms with E-state index in [1.807, 2.05) is 48.9 Å². The number of hydrogen-bond acceptors (Lipinski definition) is 3. The lowest BCUT2D eigenvalue weighted by Gasteiger charge is -2.26. The molecule has 0 spiro atoms. The van der Waals surface area contributed by atoms with Gasteiger partial charge in [0.2, 0.25) is 0 Å². The fraction of sp³-hybridized carbons (Fsp3) is 0.500. The maximum Gasteiger partial charge on any atom is 0.255 e. The van der Waals surface area contributed by atoms with Crippen LogP contribution >= 0.6 is 0 Å². The number of aromatic nitrogens is 2. The minimum Gasteiger partial charge on any atom is -0.352 e. The van der Waals surface area contributed by atoms with Crippen molar-refractivity contribution < 1.29 is 4.79 Å². The van der Waals surface area contributed by atoms with E-state index in [0.717, 1.165) is 30.0 Å². The van der Waals surface area contributed by atoms with Gasteiger partial charge in [0.15, 0.2) is 0 Å². The van der Waals surface area contributed by atoms with E-state index < -0.39 is 0 Å². The van der Waals surface area contributed by atoms with E-state index in [2.05, 4.69) is 15.3 Å². The van der Waals surface area contributed by atoms with Crippen LogP contribution in [0.2, 0.25) is 0 Å². The van der Waals surface area contributed by atoms with Crippen molar-refractivity contribution in [2.24, 2.45) is 0 Å². The summed E-state index contributed by atoms with van der Waals surface area (Å²) in [5.74, 6) is -0.0178. The molecular formula is C20H28N4O. The fourth-order valence-electron chi connectivity index (χ4n) is 3.57. The molecule has 2 aromatic rings. The average Bonchev–Trinajstić information content (AvgIpc) is 2.94. The summed E-state index contributed by atoms with van der Waals surface area (Å²) in [4.78, 5) is 15.1. The van der Waals surface area contributed by atoms with Gasteiger partial charge in [-0.25, -0.2) is 4.68 Å². The number of hydrogen-bond donors (Lipinski definition) is 1. The zero-order valence-corrected chi connectivity index (χ0v) is 15.3. The summed E-state index contributed by atoms with van der Waals surface area (Å²) in [6, 6.07) is 9.93. The third kappa shape index (κ3) is 4.28. The van der Waals surface area contributed by atoms with Crippen molar-refractivity contribution in [1.82, 2.24) is 20.0 Å². The average molecular weight is 340 g/mol. The summed E-state index contributed by atoms with van der Waals surface area (Å²) in [5.41, 5.74) is 3.33. The van der Waals surface area contributed by atoms with Gasteiger partial charge in [-0.15, -0.1) is 0 Å². The van der Waals surface area contributed by atoms with Crippen LogP contribution in [0.1, 0.15) is 47.4 Å². The Hall–Kier alpha value is -2.14. The van der Waals surface area contributed by atoms with E-state index in [4.69, 9.17) is 0 Å². The van der Waals surface area contributed by atoms with Crippen molar-refractivity contribution in [2.75, 3.05) is 26.2 Å². The van der Waals surface area contributed by atoms with Gasteiger partial charge in [-0.1, -0.05) is 24.6 Å². The van der Waals surface area contributed by atoms with Gasteiger partial charge < -0.3 is 10.2 Å². The number of nitrogens with zero attached hydrogens (tertiary/aromatic N) is 3. The topological polar surface area (TPSA) is 50.2 Å². The molecular weight excluding hydrogens is 312 g/mol. The Morgan fingerprint density at radius 1 is 1.12 bits per heavy atom. The Balaban J connectivity index is 1.58. The third-order valence-electron chi connectivity index (χ3n) is 4.90. The molecule has 0 radical (unpaired) electrons. The van der Waals surface area contributed by atoms with Crippen molar-refractivity contribution in [3.63, 3.8) is 0 Å². The Bertz CT molecular complexity index is 702. The molecule has 0 saturated carbocycles. The van der Waals surface area contributed by atoms with Crippen LogP contribution in [-0.2, 0) is 0 Å². The maximum absolute atomic E-state index is 12.6. The Labute approximate surface area is 150 Å². The normalized spacial score (nSPS) is 15.3. The number of likely N-dealkylation sites (tertiary alicyclic amines) is 1. The molecule has 134 valence electrons. The monoisotopic (exact) mass is 340 g/mol. The Morgan fingerprint density at radius 2 is 1.84 bits per heavy atom. The maximum atomic E-state index is 12.6. The summed E-state index contributed by atoms with van der Waals surface area (Å²) in [7, 11) is 0. The largest absolute Gasteiger partial charge is 0.352 e. The van der Waals surface area contributed by atoms with E-state index >= 15 is 0 Å². The number of carbonyl (C=O) groups is 1. The smallest absolute Gasteiger partial charge is 0.255 e. The highest BCUT2D eigenvalue weighted by Gasteiger charge is 2.19. The molecule has 1 fully saturated rings. The molecule has 1 aliphatic heterocycles. The molecule has 5 heteroatoms. The van der Waals surface area contributed by atoms with Crippen LogP contribution in [-0.4, -0.2) is 46.8 Å². The lowest BCUT2D eigenvalue weighted by molar-refractivity contribution is 0.0950. The second kappa shape index (κ2) is 8.30. The molecule has 1 aromatic heterocycles. The predicted octanol–water partition coefficient (Wildman–Crippen LogP) is 3.09. The lowest BCUT2D eigenvalue weighted by atomic mass is 10.1. The van der Waals surface area contributed by atoms with Crippen LogP contribution < -0.4 is 5.32 Å². The van der Waals surface area contributed by atoms with Crippen LogP contribution in [0.3, 0.4) is 0 Å². The van der Waals surface area contributed by atoms with Crippen molar-refractivity contribution in [3.8, 4) is 5.69 Å². The Morgan fingerprint density at radius 3 is 2.56 bits per heavy atom. The molecule has 5 nitrogen and oxygen atoms in total. The molecule has 3 rings (SSSR count). The zero-order chi connectivity index (χ0) is 17.6. The standard InChI is InChI=1S/C20H28N4O/c1-16-19(17(2)24(22-16)18-10-5-3-6-11-18)20(25)21-12-9-15-23-13-7-4-8-14-23/h3,5-6,10-11H,4,7-9,12-15H2,1-2H3,(H,21,25). The summed E-state index contributed by atoms with van der Waals surface area (Å²) in [6.07, 6.45) is 4.97. The minimum absolute atomic E-state index is 0.0178. The summed E-state index contributed by atoms with van der Waals surface area (Å²) in [5, 5.41) is 7.62. The fourth-order valence-corrected chi connectivity index (χ4v) is 3.57. The van der Waals surface area contributed by atoms with Gasteiger partial charge in [0.25, 0.3) is 5.91 Å². The summed E-state index contributed by atoms with van der Waals surface area (Å²) in [6.45, 7) is 8.04. The molecule has 0 atom stereocenters. The second-order valence-electron chi connectivity index (χ2n) is 6.80. The number of rotatable bonds is 6. The molecule has 1 aromatic carbocycles. The van der Waals surface area contributed by atoms with Crippen molar-refractivity contribution in [3.05, 3.63) is 47.3 Å². The van der Waals surface area contributed by atoms with Gasteiger partial charge in [0.1, 0.15) is 0 Å². The van der Waals surface area contributed by atoms with E-state index in [9.17, 15) is 4.79 Å². The van der Waals surface area contributed by atoms with Crippen LogP contribution in [0.25, 0.3) is 5.69 Å². The van der Waals surface area contributed by atoms with Gasteiger partial charge in [-0.2, -0.15) is 5.10 Å². The second-order valence-corrected chi connectivity index (χ2v) is 6.80. The minimum atomic E-state index is -0.0178. The van der Waals surface area contributed by atoms with E-state index in [1.54, 1.807) is 0 Å². The van der Waals surface area contributed by atoms with Crippen LogP contribution in [0.15, 0.2) is 30.3 Å². The molecule has 1 N–H and O–H groups in total. The summed E-state index contributed by atoms with van der Waals surface area (Å²) >= 11 is 0. The predicted molar refractivity (Wildman–Crippen MR) is 100 cm³/mol.